The van der Waals surface area contributed by atoms with Gasteiger partial charge in [0, 0.05) is 11.3 Å². The molecule has 1 fully saturated rings. The van der Waals surface area contributed by atoms with Gasteiger partial charge in [0.1, 0.15) is 11.5 Å². The number of carbonyl (C=O) groups is 2. The number of amides is 1. The van der Waals surface area contributed by atoms with E-state index in [1.807, 2.05) is 26.0 Å². The van der Waals surface area contributed by atoms with E-state index >= 15 is 0 Å². The minimum absolute atomic E-state index is 0.0359. The number of carbonyl (C=O) groups excluding carboxylic acids is 2. The van der Waals surface area contributed by atoms with Gasteiger partial charge in [-0.3, -0.25) is 14.5 Å². The van der Waals surface area contributed by atoms with Crippen molar-refractivity contribution in [3.63, 3.8) is 0 Å². The number of Topliss-reactive ketones (excluding diaryl/α,β-unsaturated/α-hetero) is 1. The van der Waals surface area contributed by atoms with Crippen LogP contribution in [0.3, 0.4) is 0 Å². The number of benzene rings is 3. The highest BCUT2D eigenvalue weighted by atomic mass is 16.5. The van der Waals surface area contributed by atoms with Crippen molar-refractivity contribution in [2.75, 3.05) is 18.1 Å². The summed E-state index contributed by atoms with van der Waals surface area (Å²) >= 11 is 0. The summed E-state index contributed by atoms with van der Waals surface area (Å²) in [5.41, 5.74) is 2.46. The van der Waals surface area contributed by atoms with Crippen molar-refractivity contribution in [3.05, 3.63) is 89.0 Å². The Morgan fingerprint density at radius 3 is 2.17 bits per heavy atom. The summed E-state index contributed by atoms with van der Waals surface area (Å²) in [6.45, 7) is 6.50. The van der Waals surface area contributed by atoms with E-state index in [1.165, 1.54) is 11.0 Å². The Kier molecular flexibility index (Phi) is 7.29. The van der Waals surface area contributed by atoms with E-state index in [4.69, 9.17) is 9.47 Å². The van der Waals surface area contributed by atoms with Crippen LogP contribution in [0.5, 0.6) is 17.2 Å². The molecule has 1 atom stereocenters. The van der Waals surface area contributed by atoms with Crippen molar-refractivity contribution in [2.45, 2.75) is 33.2 Å². The molecule has 186 valence electrons. The number of phenolic OH excluding ortho intramolecular Hbond substituents is 1. The van der Waals surface area contributed by atoms with Crippen LogP contribution in [-0.4, -0.2) is 35.1 Å². The minimum Gasteiger partial charge on any atom is -0.507 e. The first-order valence-electron chi connectivity index (χ1n) is 12.0. The fourth-order valence-electron chi connectivity index (χ4n) is 4.31. The zero-order valence-electron chi connectivity index (χ0n) is 20.5. The third-order valence-corrected chi connectivity index (χ3v) is 6.11. The molecular formula is C29H29NO6. The standard InChI is InChI=1S/C29H29NO6/c1-4-18-7-9-19(10-8-18)27(32)25-26(20-11-16-23(31)24(17-20)36-6-3)30(29(34)28(25)33)21-12-14-22(15-13-21)35-5-2/h7-17,26,31-32H,4-6H2,1-3H3/b27-25-. The summed E-state index contributed by atoms with van der Waals surface area (Å²) < 4.78 is 11.1. The van der Waals surface area contributed by atoms with Crippen LogP contribution in [0.2, 0.25) is 0 Å². The number of aryl methyl sites for hydroxylation is 1. The second-order valence-electron chi connectivity index (χ2n) is 8.31. The van der Waals surface area contributed by atoms with Gasteiger partial charge in [-0.1, -0.05) is 37.3 Å². The van der Waals surface area contributed by atoms with Gasteiger partial charge in [0.2, 0.25) is 0 Å². The number of aliphatic hydroxyl groups excluding tert-OH is 1. The van der Waals surface area contributed by atoms with Crippen molar-refractivity contribution >= 4 is 23.1 Å². The van der Waals surface area contributed by atoms with Gasteiger partial charge in [0.15, 0.2) is 11.5 Å². The molecule has 0 aromatic heterocycles. The van der Waals surface area contributed by atoms with Crippen LogP contribution >= 0.6 is 0 Å². The Morgan fingerprint density at radius 1 is 0.889 bits per heavy atom. The summed E-state index contributed by atoms with van der Waals surface area (Å²) in [7, 11) is 0. The average molecular weight is 488 g/mol. The van der Waals surface area contributed by atoms with E-state index in [0.717, 1.165) is 12.0 Å². The first kappa shape index (κ1) is 24.9. The molecule has 1 unspecified atom stereocenters. The molecule has 0 bridgehead atoms. The Hall–Kier alpha value is -4.26. The Balaban J connectivity index is 1.90. The van der Waals surface area contributed by atoms with Gasteiger partial charge in [-0.25, -0.2) is 0 Å². The Labute approximate surface area is 210 Å². The predicted molar refractivity (Wildman–Crippen MR) is 137 cm³/mol. The lowest BCUT2D eigenvalue weighted by molar-refractivity contribution is -0.132. The van der Waals surface area contributed by atoms with E-state index in [0.29, 0.717) is 35.8 Å². The number of nitrogens with zero attached hydrogens (tertiary/aromatic N) is 1. The van der Waals surface area contributed by atoms with Crippen molar-refractivity contribution in [2.24, 2.45) is 0 Å². The second kappa shape index (κ2) is 10.6. The monoisotopic (exact) mass is 487 g/mol. The smallest absolute Gasteiger partial charge is 0.300 e. The fourth-order valence-corrected chi connectivity index (χ4v) is 4.31. The van der Waals surface area contributed by atoms with Gasteiger partial charge < -0.3 is 19.7 Å². The molecule has 0 saturated carbocycles. The topological polar surface area (TPSA) is 96.3 Å². The SMILES string of the molecule is CCOc1ccc(N2C(=O)C(=O)/C(=C(\O)c3ccc(CC)cc3)C2c2ccc(O)c(OCC)c2)cc1. The third kappa shape index (κ3) is 4.64. The molecule has 1 saturated heterocycles. The van der Waals surface area contributed by atoms with Crippen LogP contribution in [0, 0.1) is 0 Å². The lowest BCUT2D eigenvalue weighted by Gasteiger charge is -2.26. The molecule has 1 aliphatic heterocycles. The number of hydrogen-bond acceptors (Lipinski definition) is 6. The van der Waals surface area contributed by atoms with Gasteiger partial charge >= 0.3 is 0 Å². The molecule has 0 spiro atoms. The van der Waals surface area contributed by atoms with Crippen LogP contribution in [-0.2, 0) is 16.0 Å². The summed E-state index contributed by atoms with van der Waals surface area (Å²) in [5, 5.41) is 21.5. The first-order chi connectivity index (χ1) is 17.4. The number of anilines is 1. The van der Waals surface area contributed by atoms with Gasteiger partial charge in [-0.15, -0.1) is 0 Å². The number of aromatic hydroxyl groups is 1. The maximum atomic E-state index is 13.3. The molecule has 3 aromatic rings. The summed E-state index contributed by atoms with van der Waals surface area (Å²) in [4.78, 5) is 28.0. The fraction of sp³-hybridized carbons (Fsp3) is 0.241. The number of phenols is 1. The average Bonchev–Trinajstić information content (AvgIpc) is 3.16. The number of aliphatic hydroxyl groups is 1. The minimum atomic E-state index is -0.936. The molecule has 7 nitrogen and oxygen atoms in total. The molecule has 0 radical (unpaired) electrons. The Bertz CT molecular complexity index is 1290. The first-order valence-corrected chi connectivity index (χ1v) is 12.0. The summed E-state index contributed by atoms with van der Waals surface area (Å²) in [6, 6.07) is 17.8. The number of hydrogen-bond donors (Lipinski definition) is 2. The highest BCUT2D eigenvalue weighted by molar-refractivity contribution is 6.51. The maximum absolute atomic E-state index is 13.3. The van der Waals surface area contributed by atoms with E-state index < -0.39 is 17.7 Å². The molecule has 1 amide bonds. The van der Waals surface area contributed by atoms with Crippen molar-refractivity contribution in [1.29, 1.82) is 0 Å². The zero-order valence-corrected chi connectivity index (χ0v) is 20.5. The van der Waals surface area contributed by atoms with Gasteiger partial charge in [-0.2, -0.15) is 0 Å². The van der Waals surface area contributed by atoms with E-state index in [2.05, 4.69) is 0 Å². The molecule has 7 heteroatoms. The highest BCUT2D eigenvalue weighted by Crippen LogP contribution is 2.44. The van der Waals surface area contributed by atoms with Crippen LogP contribution < -0.4 is 14.4 Å². The van der Waals surface area contributed by atoms with Crippen LogP contribution in [0.15, 0.2) is 72.3 Å². The van der Waals surface area contributed by atoms with E-state index in [1.54, 1.807) is 55.5 Å². The summed E-state index contributed by atoms with van der Waals surface area (Å²) in [5.74, 6) is -1.03. The van der Waals surface area contributed by atoms with Gasteiger partial charge in [0.25, 0.3) is 11.7 Å². The van der Waals surface area contributed by atoms with Crippen LogP contribution in [0.1, 0.15) is 43.5 Å². The van der Waals surface area contributed by atoms with Crippen molar-refractivity contribution < 1.29 is 29.3 Å². The lowest BCUT2D eigenvalue weighted by atomic mass is 9.94. The normalized spacial score (nSPS) is 16.9. The predicted octanol–water partition coefficient (Wildman–Crippen LogP) is 5.38. The molecule has 0 aliphatic carbocycles. The summed E-state index contributed by atoms with van der Waals surface area (Å²) in [6.07, 6.45) is 0.830. The van der Waals surface area contributed by atoms with Crippen LogP contribution in [0.25, 0.3) is 5.76 Å². The van der Waals surface area contributed by atoms with Crippen LogP contribution in [0.4, 0.5) is 5.69 Å². The largest absolute Gasteiger partial charge is 0.507 e. The molecular weight excluding hydrogens is 458 g/mol. The lowest BCUT2D eigenvalue weighted by Crippen LogP contribution is -2.29. The quantitative estimate of drug-likeness (QED) is 0.252. The molecule has 36 heavy (non-hydrogen) atoms. The highest BCUT2D eigenvalue weighted by Gasteiger charge is 2.47. The zero-order chi connectivity index (χ0) is 25.8. The number of ether oxygens (including phenoxy) is 2. The Morgan fingerprint density at radius 2 is 1.56 bits per heavy atom. The van der Waals surface area contributed by atoms with E-state index in [-0.39, 0.29) is 22.8 Å². The van der Waals surface area contributed by atoms with Crippen molar-refractivity contribution in [1.82, 2.24) is 0 Å². The maximum Gasteiger partial charge on any atom is 0.300 e. The van der Waals surface area contributed by atoms with Gasteiger partial charge in [-0.05, 0) is 67.8 Å². The number of rotatable bonds is 8. The second-order valence-corrected chi connectivity index (χ2v) is 8.31. The number of ketones is 1. The molecule has 1 aliphatic rings. The van der Waals surface area contributed by atoms with Gasteiger partial charge in [0.05, 0.1) is 24.8 Å². The third-order valence-electron chi connectivity index (χ3n) is 6.11. The molecule has 2 N–H and O–H groups in total. The van der Waals surface area contributed by atoms with E-state index in [9.17, 15) is 19.8 Å². The molecule has 1 heterocycles. The molecule has 3 aromatic carbocycles. The van der Waals surface area contributed by atoms with Crippen molar-refractivity contribution in [3.8, 4) is 17.2 Å². The molecule has 4 rings (SSSR count).